The van der Waals surface area contributed by atoms with Crippen LogP contribution in [0.3, 0.4) is 0 Å². The number of thioether (sulfide) groups is 2. The number of hydrogen-bond donors (Lipinski definition) is 3. The molecule has 132 valence electrons. The lowest BCUT2D eigenvalue weighted by Crippen LogP contribution is -2.33. The highest BCUT2D eigenvalue weighted by molar-refractivity contribution is 8.01. The summed E-state index contributed by atoms with van der Waals surface area (Å²) < 4.78 is 12.8. The van der Waals surface area contributed by atoms with Crippen LogP contribution in [0, 0.1) is 5.82 Å². The predicted molar refractivity (Wildman–Crippen MR) is 94.9 cm³/mol. The van der Waals surface area contributed by atoms with Crippen molar-refractivity contribution in [2.45, 2.75) is 12.2 Å². The monoisotopic (exact) mass is 374 g/mol. The minimum atomic E-state index is -0.887. The zero-order chi connectivity index (χ0) is 17.9. The zero-order valence-corrected chi connectivity index (χ0v) is 14.7. The van der Waals surface area contributed by atoms with E-state index in [1.165, 1.54) is 47.8 Å². The lowest BCUT2D eigenvalue weighted by Gasteiger charge is -2.12. The van der Waals surface area contributed by atoms with Crippen molar-refractivity contribution in [1.82, 2.24) is 5.32 Å². The topological polar surface area (TPSA) is 95.5 Å². The molecule has 0 radical (unpaired) electrons. The van der Waals surface area contributed by atoms with E-state index in [1.54, 1.807) is 6.92 Å². The molecule has 2 amide bonds. The maximum Gasteiger partial charge on any atom is 0.313 e. The van der Waals surface area contributed by atoms with Gasteiger partial charge in [0.2, 0.25) is 11.8 Å². The molecule has 24 heavy (non-hydrogen) atoms. The molecule has 9 heteroatoms. The van der Waals surface area contributed by atoms with Crippen LogP contribution in [0.5, 0.6) is 0 Å². The summed E-state index contributed by atoms with van der Waals surface area (Å²) in [6.07, 6.45) is 0. The van der Waals surface area contributed by atoms with Gasteiger partial charge in [0.05, 0.1) is 16.8 Å². The molecule has 0 aliphatic rings. The summed E-state index contributed by atoms with van der Waals surface area (Å²) in [5.74, 6) is -1.13. The molecule has 0 saturated heterocycles. The Morgan fingerprint density at radius 1 is 1.21 bits per heavy atom. The van der Waals surface area contributed by atoms with Crippen LogP contribution in [0.15, 0.2) is 24.3 Å². The molecule has 0 spiro atoms. The van der Waals surface area contributed by atoms with Crippen molar-refractivity contribution in [3.63, 3.8) is 0 Å². The summed E-state index contributed by atoms with van der Waals surface area (Å²) in [5.41, 5.74) is 0.495. The van der Waals surface area contributed by atoms with Crippen LogP contribution < -0.4 is 10.6 Å². The van der Waals surface area contributed by atoms with Crippen molar-refractivity contribution < 1.29 is 23.9 Å². The highest BCUT2D eigenvalue weighted by Crippen LogP contribution is 2.13. The Labute approximate surface area is 148 Å². The van der Waals surface area contributed by atoms with Gasteiger partial charge in [0.1, 0.15) is 5.82 Å². The molecule has 0 bridgehead atoms. The third kappa shape index (κ3) is 8.78. The molecule has 1 rings (SSSR count). The van der Waals surface area contributed by atoms with Gasteiger partial charge in [-0.2, -0.15) is 0 Å². The average molecular weight is 374 g/mol. The summed E-state index contributed by atoms with van der Waals surface area (Å²) >= 11 is 2.41. The summed E-state index contributed by atoms with van der Waals surface area (Å²) in [4.78, 5) is 33.9. The molecule has 0 aliphatic carbocycles. The Hall–Kier alpha value is -1.74. The molecule has 3 N–H and O–H groups in total. The largest absolute Gasteiger partial charge is 0.481 e. The zero-order valence-electron chi connectivity index (χ0n) is 13.1. The molecule has 0 aromatic heterocycles. The van der Waals surface area contributed by atoms with Gasteiger partial charge in [-0.1, -0.05) is 0 Å². The van der Waals surface area contributed by atoms with Gasteiger partial charge < -0.3 is 15.7 Å². The van der Waals surface area contributed by atoms with Crippen LogP contribution in [0.4, 0.5) is 10.1 Å². The third-order valence-electron chi connectivity index (χ3n) is 2.73. The first kappa shape index (κ1) is 20.3. The van der Waals surface area contributed by atoms with Crippen molar-refractivity contribution in [1.29, 1.82) is 0 Å². The lowest BCUT2D eigenvalue weighted by atomic mass is 10.3. The standard InChI is InChI=1S/C15H19FN2O4S2/c1-10(15(22)17-6-7-23-9-14(20)21)24-8-13(19)18-12-4-2-11(16)3-5-12/h2-5,10H,6-9H2,1H3,(H,17,22)(H,18,19)(H,20,21). The van der Waals surface area contributed by atoms with Crippen LogP contribution in [0.2, 0.25) is 0 Å². The van der Waals surface area contributed by atoms with Gasteiger partial charge in [0.15, 0.2) is 0 Å². The van der Waals surface area contributed by atoms with Crippen molar-refractivity contribution in [2.24, 2.45) is 0 Å². The molecule has 0 saturated carbocycles. The second-order valence-electron chi connectivity index (χ2n) is 4.75. The number of aliphatic carboxylic acids is 1. The number of nitrogens with one attached hydrogen (secondary N) is 2. The van der Waals surface area contributed by atoms with E-state index in [0.29, 0.717) is 18.0 Å². The number of carbonyl (C=O) groups excluding carboxylic acids is 2. The number of hydrogen-bond acceptors (Lipinski definition) is 5. The number of anilines is 1. The fourth-order valence-electron chi connectivity index (χ4n) is 1.56. The Bertz CT molecular complexity index is 569. The van der Waals surface area contributed by atoms with Gasteiger partial charge in [-0.05, 0) is 31.2 Å². The second-order valence-corrected chi connectivity index (χ2v) is 7.18. The van der Waals surface area contributed by atoms with Crippen molar-refractivity contribution in [3.8, 4) is 0 Å². The average Bonchev–Trinajstić information content (AvgIpc) is 2.54. The first-order valence-electron chi connectivity index (χ1n) is 7.12. The van der Waals surface area contributed by atoms with Crippen LogP contribution in [0.1, 0.15) is 6.92 Å². The van der Waals surface area contributed by atoms with E-state index in [9.17, 15) is 18.8 Å². The maximum absolute atomic E-state index is 12.8. The van der Waals surface area contributed by atoms with E-state index in [1.807, 2.05) is 0 Å². The summed E-state index contributed by atoms with van der Waals surface area (Å²) in [7, 11) is 0. The number of rotatable bonds is 10. The van der Waals surface area contributed by atoms with E-state index in [0.717, 1.165) is 0 Å². The fraction of sp³-hybridized carbons (Fsp3) is 0.400. The number of carbonyl (C=O) groups is 3. The van der Waals surface area contributed by atoms with Crippen LogP contribution in [0.25, 0.3) is 0 Å². The Kier molecular flexibility index (Phi) is 9.24. The van der Waals surface area contributed by atoms with E-state index >= 15 is 0 Å². The normalized spacial score (nSPS) is 11.6. The van der Waals surface area contributed by atoms with Gasteiger partial charge >= 0.3 is 5.97 Å². The second kappa shape index (κ2) is 10.9. The number of carboxylic acid groups (broad SMARTS) is 1. The van der Waals surface area contributed by atoms with E-state index in [4.69, 9.17) is 5.11 Å². The van der Waals surface area contributed by atoms with Gasteiger partial charge in [-0.15, -0.1) is 23.5 Å². The molecule has 0 aliphatic heterocycles. The Morgan fingerprint density at radius 2 is 1.88 bits per heavy atom. The molecule has 1 atom stereocenters. The third-order valence-corrected chi connectivity index (χ3v) is 4.82. The maximum atomic E-state index is 12.8. The minimum Gasteiger partial charge on any atom is -0.481 e. The van der Waals surface area contributed by atoms with Gasteiger partial charge in [-0.3, -0.25) is 14.4 Å². The van der Waals surface area contributed by atoms with Crippen molar-refractivity contribution in [3.05, 3.63) is 30.1 Å². The summed E-state index contributed by atoms with van der Waals surface area (Å²) in [5, 5.41) is 13.4. The lowest BCUT2D eigenvalue weighted by molar-refractivity contribution is -0.134. The Morgan fingerprint density at radius 3 is 2.50 bits per heavy atom. The van der Waals surface area contributed by atoms with Gasteiger partial charge in [0, 0.05) is 18.0 Å². The van der Waals surface area contributed by atoms with Crippen LogP contribution >= 0.6 is 23.5 Å². The summed E-state index contributed by atoms with van der Waals surface area (Å²) in [6.45, 7) is 2.07. The first-order chi connectivity index (χ1) is 11.4. The van der Waals surface area contributed by atoms with Gasteiger partial charge in [-0.25, -0.2) is 4.39 Å². The molecular formula is C15H19FN2O4S2. The van der Waals surface area contributed by atoms with E-state index in [2.05, 4.69) is 10.6 Å². The minimum absolute atomic E-state index is 0.00370. The van der Waals surface area contributed by atoms with Crippen molar-refractivity contribution >= 4 is 47.0 Å². The first-order valence-corrected chi connectivity index (χ1v) is 9.33. The Balaban J connectivity index is 2.20. The van der Waals surface area contributed by atoms with Crippen LogP contribution in [-0.4, -0.2) is 51.9 Å². The highest BCUT2D eigenvalue weighted by atomic mass is 32.2. The molecule has 0 fully saturated rings. The quantitative estimate of drug-likeness (QED) is 0.541. The molecular weight excluding hydrogens is 355 g/mol. The number of carboxylic acids is 1. The number of amides is 2. The molecule has 6 nitrogen and oxygen atoms in total. The fourth-order valence-corrected chi connectivity index (χ4v) is 2.83. The molecule has 1 unspecified atom stereocenters. The molecule has 1 aromatic rings. The number of halogens is 1. The van der Waals surface area contributed by atoms with Gasteiger partial charge in [0.25, 0.3) is 0 Å². The predicted octanol–water partition coefficient (Wildman–Crippen LogP) is 1.82. The molecule has 1 aromatic carbocycles. The summed E-state index contributed by atoms with van der Waals surface area (Å²) in [6, 6.07) is 5.42. The smallest absolute Gasteiger partial charge is 0.313 e. The van der Waals surface area contributed by atoms with Crippen molar-refractivity contribution in [2.75, 3.05) is 29.1 Å². The van der Waals surface area contributed by atoms with E-state index in [-0.39, 0.29) is 29.1 Å². The highest BCUT2D eigenvalue weighted by Gasteiger charge is 2.15. The van der Waals surface area contributed by atoms with Crippen LogP contribution in [-0.2, 0) is 14.4 Å². The number of benzene rings is 1. The van der Waals surface area contributed by atoms with E-state index < -0.39 is 11.2 Å². The molecule has 0 heterocycles. The SMILES string of the molecule is CC(SCC(=O)Nc1ccc(F)cc1)C(=O)NCCSCC(=O)O.